The minimum Gasteiger partial charge on any atom is -0.299 e. The average Bonchev–Trinajstić information content (AvgIpc) is 2.78. The van der Waals surface area contributed by atoms with Gasteiger partial charge in [0.15, 0.2) is 0 Å². The lowest BCUT2D eigenvalue weighted by molar-refractivity contribution is -0.131. The van der Waals surface area contributed by atoms with Gasteiger partial charge in [0.1, 0.15) is 11.6 Å². The van der Waals surface area contributed by atoms with Crippen LogP contribution in [0.15, 0.2) is 0 Å². The molecule has 2 nitrogen and oxygen atoms in total. The van der Waals surface area contributed by atoms with Gasteiger partial charge in [-0.2, -0.15) is 0 Å². The first-order valence-corrected chi connectivity index (χ1v) is 6.86. The maximum Gasteiger partial charge on any atom is 0.139 e. The van der Waals surface area contributed by atoms with Gasteiger partial charge in [0.05, 0.1) is 0 Å². The molecule has 4 fully saturated rings. The molecule has 4 atom stereocenters. The Bertz CT molecular complexity index is 309. The number of ketones is 2. The highest BCUT2D eigenvalue weighted by Crippen LogP contribution is 2.61. The second-order valence-corrected chi connectivity index (χ2v) is 6.25. The van der Waals surface area contributed by atoms with Crippen LogP contribution in [0.5, 0.6) is 0 Å². The highest BCUT2D eigenvalue weighted by molar-refractivity contribution is 5.95. The van der Waals surface area contributed by atoms with Crippen LogP contribution in [-0.2, 0) is 9.59 Å². The van der Waals surface area contributed by atoms with E-state index in [1.807, 2.05) is 0 Å². The molecule has 0 amide bonds. The van der Waals surface area contributed by atoms with Crippen molar-refractivity contribution < 1.29 is 9.59 Å². The fourth-order valence-electron chi connectivity index (χ4n) is 5.40. The van der Waals surface area contributed by atoms with Crippen LogP contribution in [0, 0.1) is 35.5 Å². The summed E-state index contributed by atoms with van der Waals surface area (Å²) in [6.07, 6.45) is 6.52. The molecule has 0 bridgehead atoms. The van der Waals surface area contributed by atoms with Crippen molar-refractivity contribution in [2.24, 2.45) is 35.5 Å². The molecule has 4 aliphatic carbocycles. The molecule has 16 heavy (non-hydrogen) atoms. The highest BCUT2D eigenvalue weighted by atomic mass is 16.1. The van der Waals surface area contributed by atoms with Gasteiger partial charge in [-0.3, -0.25) is 9.59 Å². The third kappa shape index (κ3) is 0.906. The lowest BCUT2D eigenvalue weighted by atomic mass is 9.73. The van der Waals surface area contributed by atoms with Crippen LogP contribution in [0.25, 0.3) is 0 Å². The molecule has 4 aliphatic rings. The standard InChI is InChI=1S/C14H18O2/c15-13-7-3-1-4-8-11(7)12-9(13)5-2-6-10(12)14(8)16/h7-12H,1-6H2. The number of hydrogen-bond donors (Lipinski definition) is 0. The topological polar surface area (TPSA) is 34.1 Å². The summed E-state index contributed by atoms with van der Waals surface area (Å²) in [5.41, 5.74) is 0. The Morgan fingerprint density at radius 1 is 0.625 bits per heavy atom. The Balaban J connectivity index is 1.83. The molecular formula is C14H18O2. The number of carbonyl (C=O) groups excluding carboxylic acids is 2. The van der Waals surface area contributed by atoms with Crippen LogP contribution >= 0.6 is 0 Å². The fraction of sp³-hybridized carbons (Fsp3) is 0.857. The van der Waals surface area contributed by atoms with Gasteiger partial charge in [0.25, 0.3) is 0 Å². The maximum absolute atomic E-state index is 12.3. The first-order chi connectivity index (χ1) is 7.79. The third-order valence-corrected chi connectivity index (χ3v) is 5.83. The number of rotatable bonds is 0. The monoisotopic (exact) mass is 218 g/mol. The molecule has 0 N–H and O–H groups in total. The zero-order valence-electron chi connectivity index (χ0n) is 9.52. The summed E-state index contributed by atoms with van der Waals surface area (Å²) in [6, 6.07) is 0. The molecule has 2 heteroatoms. The Kier molecular flexibility index (Phi) is 1.74. The molecule has 0 aromatic heterocycles. The van der Waals surface area contributed by atoms with Gasteiger partial charge in [-0.25, -0.2) is 0 Å². The molecule has 0 heterocycles. The summed E-state index contributed by atoms with van der Waals surface area (Å²) < 4.78 is 0. The predicted octanol–water partition coefficient (Wildman–Crippen LogP) is 2.22. The number of carbonyl (C=O) groups is 2. The minimum atomic E-state index is 0.279. The Labute approximate surface area is 95.8 Å². The van der Waals surface area contributed by atoms with Crippen molar-refractivity contribution in [3.05, 3.63) is 0 Å². The van der Waals surface area contributed by atoms with E-state index in [4.69, 9.17) is 0 Å². The Morgan fingerprint density at radius 3 is 1.25 bits per heavy atom. The summed E-state index contributed by atoms with van der Waals surface area (Å²) in [5, 5.41) is 0. The van der Waals surface area contributed by atoms with Crippen molar-refractivity contribution in [3.63, 3.8) is 0 Å². The lowest BCUT2D eigenvalue weighted by Crippen LogP contribution is -2.32. The van der Waals surface area contributed by atoms with Crippen LogP contribution in [0.3, 0.4) is 0 Å². The third-order valence-electron chi connectivity index (χ3n) is 5.83. The van der Waals surface area contributed by atoms with Crippen molar-refractivity contribution >= 4 is 11.6 Å². The van der Waals surface area contributed by atoms with E-state index in [-0.39, 0.29) is 23.7 Å². The van der Waals surface area contributed by atoms with Gasteiger partial charge in [-0.15, -0.1) is 0 Å². The van der Waals surface area contributed by atoms with E-state index in [1.165, 1.54) is 0 Å². The zero-order chi connectivity index (χ0) is 10.9. The minimum absolute atomic E-state index is 0.279. The molecule has 0 saturated heterocycles. The summed E-state index contributed by atoms with van der Waals surface area (Å²) in [4.78, 5) is 24.7. The molecular weight excluding hydrogens is 200 g/mol. The van der Waals surface area contributed by atoms with Gasteiger partial charge in [0, 0.05) is 23.7 Å². The van der Waals surface area contributed by atoms with Crippen molar-refractivity contribution in [1.29, 1.82) is 0 Å². The smallest absolute Gasteiger partial charge is 0.139 e. The molecule has 0 aliphatic heterocycles. The van der Waals surface area contributed by atoms with Crippen LogP contribution in [0.4, 0.5) is 0 Å². The van der Waals surface area contributed by atoms with E-state index in [1.54, 1.807) is 0 Å². The first-order valence-electron chi connectivity index (χ1n) is 6.86. The summed E-state index contributed by atoms with van der Waals surface area (Å²) in [7, 11) is 0. The Hall–Kier alpha value is -0.660. The van der Waals surface area contributed by atoms with Crippen molar-refractivity contribution in [1.82, 2.24) is 0 Å². The van der Waals surface area contributed by atoms with Gasteiger partial charge in [-0.1, -0.05) is 12.8 Å². The summed E-state index contributed by atoms with van der Waals surface area (Å²) in [5.74, 6) is 3.14. The van der Waals surface area contributed by atoms with E-state index in [0.717, 1.165) is 38.5 Å². The van der Waals surface area contributed by atoms with Crippen LogP contribution in [0.2, 0.25) is 0 Å². The van der Waals surface area contributed by atoms with E-state index in [2.05, 4.69) is 0 Å². The molecule has 4 saturated carbocycles. The molecule has 4 rings (SSSR count). The predicted molar refractivity (Wildman–Crippen MR) is 58.7 cm³/mol. The van der Waals surface area contributed by atoms with E-state index < -0.39 is 0 Å². The first kappa shape index (κ1) is 9.38. The largest absolute Gasteiger partial charge is 0.299 e. The van der Waals surface area contributed by atoms with E-state index >= 15 is 0 Å². The number of Topliss-reactive ketones (excluding diaryl/α,β-unsaturated/α-hetero) is 2. The second-order valence-electron chi connectivity index (χ2n) is 6.25. The van der Waals surface area contributed by atoms with Crippen LogP contribution < -0.4 is 0 Å². The van der Waals surface area contributed by atoms with Crippen LogP contribution in [-0.4, -0.2) is 11.6 Å². The lowest BCUT2D eigenvalue weighted by Gasteiger charge is -2.29. The molecule has 0 spiro atoms. The van der Waals surface area contributed by atoms with Crippen molar-refractivity contribution in [2.45, 2.75) is 38.5 Å². The van der Waals surface area contributed by atoms with Crippen molar-refractivity contribution in [2.75, 3.05) is 0 Å². The maximum atomic E-state index is 12.3. The van der Waals surface area contributed by atoms with E-state index in [9.17, 15) is 9.59 Å². The molecule has 0 radical (unpaired) electrons. The molecule has 0 aromatic rings. The molecule has 4 unspecified atom stereocenters. The second kappa shape index (κ2) is 2.96. The van der Waals surface area contributed by atoms with Gasteiger partial charge < -0.3 is 0 Å². The summed E-state index contributed by atoms with van der Waals surface area (Å²) >= 11 is 0. The van der Waals surface area contributed by atoms with Gasteiger partial charge in [-0.05, 0) is 37.5 Å². The quantitative estimate of drug-likeness (QED) is 0.624. The zero-order valence-corrected chi connectivity index (χ0v) is 9.52. The SMILES string of the molecule is O=C1C2CCCC3C(=O)C4CCCC1C4C23. The fourth-order valence-corrected chi connectivity index (χ4v) is 5.40. The Morgan fingerprint density at radius 2 is 0.938 bits per heavy atom. The molecule has 86 valence electrons. The normalized spacial score (nSPS) is 54.2. The van der Waals surface area contributed by atoms with Gasteiger partial charge >= 0.3 is 0 Å². The average molecular weight is 218 g/mol. The van der Waals surface area contributed by atoms with E-state index in [0.29, 0.717) is 23.4 Å². The van der Waals surface area contributed by atoms with Gasteiger partial charge in [0.2, 0.25) is 0 Å². The molecule has 0 aromatic carbocycles. The summed E-state index contributed by atoms with van der Waals surface area (Å²) in [6.45, 7) is 0. The van der Waals surface area contributed by atoms with Crippen LogP contribution in [0.1, 0.15) is 38.5 Å². The number of hydrogen-bond acceptors (Lipinski definition) is 2. The van der Waals surface area contributed by atoms with Crippen molar-refractivity contribution in [3.8, 4) is 0 Å². The highest BCUT2D eigenvalue weighted by Gasteiger charge is 2.63.